The number of hydrogen-bond donors (Lipinski definition) is 0. The molecule has 1 aromatic rings. The van der Waals surface area contributed by atoms with Gasteiger partial charge in [-0.15, -0.1) is 0 Å². The Morgan fingerprint density at radius 2 is 1.58 bits per heavy atom. The standard InChI is InChI=1S/C20H31NO5/c1-9-21(10-2)18(22)25-16-13(4)12-15(20(6,7)8)14(5)17(16)26-19(23)24-11-3/h12H,9-11H2,1-8H3. The van der Waals surface area contributed by atoms with Crippen molar-refractivity contribution in [1.29, 1.82) is 0 Å². The van der Waals surface area contributed by atoms with Gasteiger partial charge in [-0.25, -0.2) is 9.59 Å². The van der Waals surface area contributed by atoms with Crippen molar-refractivity contribution >= 4 is 12.2 Å². The normalized spacial score (nSPS) is 11.1. The number of hydrogen-bond acceptors (Lipinski definition) is 5. The van der Waals surface area contributed by atoms with E-state index in [4.69, 9.17) is 14.2 Å². The molecule has 1 aromatic carbocycles. The van der Waals surface area contributed by atoms with Crippen LogP contribution in [0.5, 0.6) is 11.5 Å². The average molecular weight is 365 g/mol. The Balaban J connectivity index is 3.45. The monoisotopic (exact) mass is 365 g/mol. The number of aryl methyl sites for hydroxylation is 1. The van der Waals surface area contributed by atoms with Gasteiger partial charge < -0.3 is 19.1 Å². The summed E-state index contributed by atoms with van der Waals surface area (Å²) < 4.78 is 15.9. The number of amides is 1. The molecule has 0 radical (unpaired) electrons. The summed E-state index contributed by atoms with van der Waals surface area (Å²) in [6.45, 7) is 16.6. The zero-order valence-corrected chi connectivity index (χ0v) is 17.2. The lowest BCUT2D eigenvalue weighted by Crippen LogP contribution is -2.33. The third-order valence-corrected chi connectivity index (χ3v) is 4.14. The van der Waals surface area contributed by atoms with Crippen LogP contribution in [0.3, 0.4) is 0 Å². The van der Waals surface area contributed by atoms with Gasteiger partial charge in [-0.3, -0.25) is 0 Å². The van der Waals surface area contributed by atoms with Crippen molar-refractivity contribution in [1.82, 2.24) is 4.90 Å². The number of benzene rings is 1. The lowest BCUT2D eigenvalue weighted by atomic mass is 9.82. The zero-order chi connectivity index (χ0) is 20.1. The first-order chi connectivity index (χ1) is 12.1. The molecule has 1 rings (SSSR count). The van der Waals surface area contributed by atoms with Crippen molar-refractivity contribution in [3.05, 3.63) is 22.8 Å². The lowest BCUT2D eigenvalue weighted by Gasteiger charge is -2.26. The smallest absolute Gasteiger partial charge is 0.434 e. The van der Waals surface area contributed by atoms with Crippen LogP contribution in [0.15, 0.2) is 6.07 Å². The highest BCUT2D eigenvalue weighted by atomic mass is 16.7. The maximum atomic E-state index is 12.4. The van der Waals surface area contributed by atoms with E-state index in [9.17, 15) is 9.59 Å². The van der Waals surface area contributed by atoms with Crippen LogP contribution in [0, 0.1) is 13.8 Å². The van der Waals surface area contributed by atoms with Crippen LogP contribution >= 0.6 is 0 Å². The van der Waals surface area contributed by atoms with E-state index in [0.29, 0.717) is 13.1 Å². The van der Waals surface area contributed by atoms with Crippen molar-refractivity contribution in [2.75, 3.05) is 19.7 Å². The molecule has 0 heterocycles. The van der Waals surface area contributed by atoms with E-state index in [1.165, 1.54) is 0 Å². The van der Waals surface area contributed by atoms with E-state index in [-0.39, 0.29) is 23.5 Å². The molecular formula is C20H31NO5. The van der Waals surface area contributed by atoms with Gasteiger partial charge in [0, 0.05) is 13.1 Å². The molecule has 6 heteroatoms. The van der Waals surface area contributed by atoms with Crippen LogP contribution in [-0.2, 0) is 10.2 Å². The van der Waals surface area contributed by atoms with Crippen LogP contribution < -0.4 is 9.47 Å². The first kappa shape index (κ1) is 21.8. The predicted octanol–water partition coefficient (Wildman–Crippen LogP) is 4.98. The third kappa shape index (κ3) is 5.13. The number of ether oxygens (including phenoxy) is 3. The first-order valence-corrected chi connectivity index (χ1v) is 9.02. The molecule has 0 aromatic heterocycles. The summed E-state index contributed by atoms with van der Waals surface area (Å²) in [4.78, 5) is 25.9. The Labute approximate surface area is 156 Å². The lowest BCUT2D eigenvalue weighted by molar-refractivity contribution is 0.101. The van der Waals surface area contributed by atoms with Crippen molar-refractivity contribution in [3.63, 3.8) is 0 Å². The topological polar surface area (TPSA) is 65.1 Å². The molecule has 0 aliphatic carbocycles. The van der Waals surface area contributed by atoms with E-state index in [1.54, 1.807) is 11.8 Å². The molecule has 0 saturated heterocycles. The van der Waals surface area contributed by atoms with Crippen LogP contribution in [0.2, 0.25) is 0 Å². The Morgan fingerprint density at radius 1 is 1.00 bits per heavy atom. The summed E-state index contributed by atoms with van der Waals surface area (Å²) >= 11 is 0. The molecule has 0 N–H and O–H groups in total. The SMILES string of the molecule is CCOC(=O)Oc1c(C)c(C(C)(C)C)cc(C)c1OC(=O)N(CC)CC. The highest BCUT2D eigenvalue weighted by Crippen LogP contribution is 2.41. The van der Waals surface area contributed by atoms with Gasteiger partial charge in [0.15, 0.2) is 11.5 Å². The number of nitrogens with zero attached hydrogens (tertiary/aromatic N) is 1. The largest absolute Gasteiger partial charge is 0.513 e. The van der Waals surface area contributed by atoms with E-state index < -0.39 is 12.2 Å². The predicted molar refractivity (Wildman–Crippen MR) is 101 cm³/mol. The van der Waals surface area contributed by atoms with Gasteiger partial charge >= 0.3 is 12.2 Å². The molecule has 0 bridgehead atoms. The molecule has 0 fully saturated rings. The average Bonchev–Trinajstić information content (AvgIpc) is 2.54. The van der Waals surface area contributed by atoms with Crippen LogP contribution in [0.25, 0.3) is 0 Å². The fourth-order valence-corrected chi connectivity index (χ4v) is 2.76. The van der Waals surface area contributed by atoms with Crippen LogP contribution in [-0.4, -0.2) is 36.8 Å². The molecular weight excluding hydrogens is 334 g/mol. The Hall–Kier alpha value is -2.24. The summed E-state index contributed by atoms with van der Waals surface area (Å²) in [6.07, 6.45) is -1.30. The number of carbonyl (C=O) groups excluding carboxylic acids is 2. The quantitative estimate of drug-likeness (QED) is 0.544. The fourth-order valence-electron chi connectivity index (χ4n) is 2.76. The van der Waals surface area contributed by atoms with Gasteiger partial charge in [0.25, 0.3) is 0 Å². The van der Waals surface area contributed by atoms with Crippen molar-refractivity contribution in [2.45, 2.75) is 60.8 Å². The minimum absolute atomic E-state index is 0.164. The number of carbonyl (C=O) groups is 2. The van der Waals surface area contributed by atoms with Gasteiger partial charge in [-0.1, -0.05) is 26.8 Å². The highest BCUT2D eigenvalue weighted by molar-refractivity contribution is 5.75. The Bertz CT molecular complexity index is 657. The summed E-state index contributed by atoms with van der Waals surface area (Å²) in [6, 6.07) is 1.97. The molecule has 0 saturated carbocycles. The molecule has 0 atom stereocenters. The fraction of sp³-hybridized carbons (Fsp3) is 0.600. The molecule has 0 unspecified atom stereocenters. The summed E-state index contributed by atoms with van der Waals surface area (Å²) in [7, 11) is 0. The van der Waals surface area contributed by atoms with Crippen molar-refractivity contribution < 1.29 is 23.8 Å². The molecule has 26 heavy (non-hydrogen) atoms. The molecule has 1 amide bonds. The van der Waals surface area contributed by atoms with Gasteiger partial charge in [0.05, 0.1) is 6.61 Å². The van der Waals surface area contributed by atoms with Gasteiger partial charge in [0.2, 0.25) is 0 Å². The second-order valence-electron chi connectivity index (χ2n) is 7.10. The second-order valence-corrected chi connectivity index (χ2v) is 7.10. The van der Waals surface area contributed by atoms with Gasteiger partial charge in [0.1, 0.15) is 0 Å². The van der Waals surface area contributed by atoms with E-state index >= 15 is 0 Å². The van der Waals surface area contributed by atoms with Crippen molar-refractivity contribution in [3.8, 4) is 11.5 Å². The zero-order valence-electron chi connectivity index (χ0n) is 17.2. The Morgan fingerprint density at radius 3 is 2.04 bits per heavy atom. The molecule has 0 aliphatic rings. The minimum Gasteiger partial charge on any atom is -0.434 e. The maximum Gasteiger partial charge on any atom is 0.513 e. The first-order valence-electron chi connectivity index (χ1n) is 9.02. The van der Waals surface area contributed by atoms with Crippen molar-refractivity contribution in [2.24, 2.45) is 0 Å². The van der Waals surface area contributed by atoms with Gasteiger partial charge in [-0.2, -0.15) is 0 Å². The highest BCUT2D eigenvalue weighted by Gasteiger charge is 2.27. The molecule has 146 valence electrons. The number of rotatable bonds is 5. The maximum absolute atomic E-state index is 12.4. The second kappa shape index (κ2) is 8.92. The van der Waals surface area contributed by atoms with Gasteiger partial charge in [-0.05, 0) is 56.7 Å². The summed E-state index contributed by atoms with van der Waals surface area (Å²) in [5, 5.41) is 0. The molecule has 0 aliphatic heterocycles. The Kier molecular flexibility index (Phi) is 7.48. The molecule has 6 nitrogen and oxygen atoms in total. The van der Waals surface area contributed by atoms with Crippen LogP contribution in [0.1, 0.15) is 58.2 Å². The summed E-state index contributed by atoms with van der Waals surface area (Å²) in [5.74, 6) is 0.481. The molecule has 0 spiro atoms. The third-order valence-electron chi connectivity index (χ3n) is 4.14. The minimum atomic E-state index is -0.818. The van der Waals surface area contributed by atoms with E-state index in [1.807, 2.05) is 33.8 Å². The van der Waals surface area contributed by atoms with Crippen LogP contribution in [0.4, 0.5) is 9.59 Å². The summed E-state index contributed by atoms with van der Waals surface area (Å²) in [5.41, 5.74) is 2.32. The van der Waals surface area contributed by atoms with E-state index in [2.05, 4.69) is 20.8 Å². The van der Waals surface area contributed by atoms with E-state index in [0.717, 1.165) is 16.7 Å².